The van der Waals surface area contributed by atoms with E-state index in [1.54, 1.807) is 0 Å². The Bertz CT molecular complexity index is 447. The Morgan fingerprint density at radius 1 is 1.47 bits per heavy atom. The first-order valence-corrected chi connectivity index (χ1v) is 7.39. The standard InChI is InChI=1S/C14H19BrN2O2/c1-2-16-14(18)9-19-13-6-3-10(7-12(13)15)8-17-11-4-5-11/h3,6-7,11,17H,2,4-5,8-9H2,1H3,(H,16,18). The Balaban J connectivity index is 1.84. The highest BCUT2D eigenvalue weighted by molar-refractivity contribution is 9.10. The van der Waals surface area contributed by atoms with E-state index < -0.39 is 0 Å². The van der Waals surface area contributed by atoms with Crippen molar-refractivity contribution >= 4 is 21.8 Å². The molecular formula is C14H19BrN2O2. The van der Waals surface area contributed by atoms with Gasteiger partial charge >= 0.3 is 0 Å². The van der Waals surface area contributed by atoms with Gasteiger partial charge < -0.3 is 15.4 Å². The first-order chi connectivity index (χ1) is 9.19. The Morgan fingerprint density at radius 2 is 2.26 bits per heavy atom. The van der Waals surface area contributed by atoms with E-state index in [1.807, 2.05) is 25.1 Å². The van der Waals surface area contributed by atoms with Crippen LogP contribution in [0.2, 0.25) is 0 Å². The summed E-state index contributed by atoms with van der Waals surface area (Å²) in [4.78, 5) is 11.3. The van der Waals surface area contributed by atoms with Crippen molar-refractivity contribution in [1.82, 2.24) is 10.6 Å². The van der Waals surface area contributed by atoms with Crippen LogP contribution in [0.15, 0.2) is 22.7 Å². The third-order valence-corrected chi connectivity index (χ3v) is 3.52. The maximum atomic E-state index is 11.3. The summed E-state index contributed by atoms with van der Waals surface area (Å²) in [5, 5.41) is 6.16. The zero-order valence-electron chi connectivity index (χ0n) is 11.0. The van der Waals surface area contributed by atoms with Crippen molar-refractivity contribution in [3.8, 4) is 5.75 Å². The van der Waals surface area contributed by atoms with Crippen molar-refractivity contribution in [1.29, 1.82) is 0 Å². The maximum absolute atomic E-state index is 11.3. The van der Waals surface area contributed by atoms with Crippen molar-refractivity contribution in [3.63, 3.8) is 0 Å². The minimum Gasteiger partial charge on any atom is -0.483 e. The molecule has 0 spiro atoms. The van der Waals surface area contributed by atoms with Crippen molar-refractivity contribution < 1.29 is 9.53 Å². The van der Waals surface area contributed by atoms with E-state index in [4.69, 9.17) is 4.74 Å². The fourth-order valence-electron chi connectivity index (χ4n) is 1.71. The van der Waals surface area contributed by atoms with Crippen LogP contribution >= 0.6 is 15.9 Å². The number of rotatable bonds is 7. The topological polar surface area (TPSA) is 50.4 Å². The monoisotopic (exact) mass is 326 g/mol. The Kier molecular flexibility index (Phi) is 5.22. The number of likely N-dealkylation sites (N-methyl/N-ethyl adjacent to an activating group) is 1. The second kappa shape index (κ2) is 6.91. The van der Waals surface area contributed by atoms with Gasteiger partial charge in [-0.1, -0.05) is 6.07 Å². The SMILES string of the molecule is CCNC(=O)COc1ccc(CNC2CC2)cc1Br. The number of carbonyl (C=O) groups excluding carboxylic acids is 1. The number of ether oxygens (including phenoxy) is 1. The van der Waals surface area contributed by atoms with Crippen LogP contribution in [0.1, 0.15) is 25.3 Å². The maximum Gasteiger partial charge on any atom is 0.257 e. The molecule has 0 aliphatic heterocycles. The lowest BCUT2D eigenvalue weighted by molar-refractivity contribution is -0.122. The van der Waals surface area contributed by atoms with Crippen LogP contribution in [-0.2, 0) is 11.3 Å². The molecule has 1 saturated carbocycles. The molecule has 0 saturated heterocycles. The summed E-state index contributed by atoms with van der Waals surface area (Å²) in [6.45, 7) is 3.43. The number of carbonyl (C=O) groups is 1. The van der Waals surface area contributed by atoms with E-state index in [0.29, 0.717) is 18.3 Å². The third kappa shape index (κ3) is 4.84. The zero-order chi connectivity index (χ0) is 13.7. The van der Waals surface area contributed by atoms with Crippen LogP contribution in [0.3, 0.4) is 0 Å². The predicted molar refractivity (Wildman–Crippen MR) is 78.2 cm³/mol. The van der Waals surface area contributed by atoms with Crippen LogP contribution in [0.5, 0.6) is 5.75 Å². The van der Waals surface area contributed by atoms with Gasteiger partial charge in [0, 0.05) is 19.1 Å². The lowest BCUT2D eigenvalue weighted by Gasteiger charge is -2.10. The van der Waals surface area contributed by atoms with Crippen molar-refractivity contribution in [2.45, 2.75) is 32.4 Å². The molecule has 0 radical (unpaired) electrons. The van der Waals surface area contributed by atoms with Gasteiger partial charge in [-0.25, -0.2) is 0 Å². The van der Waals surface area contributed by atoms with Gasteiger partial charge in [0.2, 0.25) is 0 Å². The summed E-state index contributed by atoms with van der Waals surface area (Å²) < 4.78 is 6.35. The molecule has 1 aliphatic rings. The first kappa shape index (κ1) is 14.3. The van der Waals surface area contributed by atoms with Gasteiger partial charge in [0.25, 0.3) is 5.91 Å². The number of amides is 1. The van der Waals surface area contributed by atoms with E-state index in [9.17, 15) is 4.79 Å². The van der Waals surface area contributed by atoms with Crippen molar-refractivity contribution in [3.05, 3.63) is 28.2 Å². The van der Waals surface area contributed by atoms with Crippen molar-refractivity contribution in [2.75, 3.05) is 13.2 Å². The van der Waals surface area contributed by atoms with E-state index >= 15 is 0 Å². The summed E-state index contributed by atoms with van der Waals surface area (Å²) in [7, 11) is 0. The number of nitrogens with one attached hydrogen (secondary N) is 2. The number of benzene rings is 1. The summed E-state index contributed by atoms with van der Waals surface area (Å²) >= 11 is 3.47. The summed E-state index contributed by atoms with van der Waals surface area (Å²) in [6.07, 6.45) is 2.57. The number of halogens is 1. The van der Waals surface area contributed by atoms with Gasteiger partial charge in [0.1, 0.15) is 5.75 Å². The lowest BCUT2D eigenvalue weighted by atomic mass is 10.2. The molecule has 0 heterocycles. The molecule has 0 unspecified atom stereocenters. The van der Waals surface area contributed by atoms with Gasteiger partial charge in [-0.05, 0) is 53.4 Å². The van der Waals surface area contributed by atoms with E-state index in [1.165, 1.54) is 18.4 Å². The van der Waals surface area contributed by atoms with Gasteiger partial charge in [-0.2, -0.15) is 0 Å². The molecule has 5 heteroatoms. The number of hydrogen-bond donors (Lipinski definition) is 2. The summed E-state index contributed by atoms with van der Waals surface area (Å²) in [6, 6.07) is 6.65. The molecule has 104 valence electrons. The van der Waals surface area contributed by atoms with E-state index in [-0.39, 0.29) is 12.5 Å². The van der Waals surface area contributed by atoms with Gasteiger partial charge in [-0.15, -0.1) is 0 Å². The van der Waals surface area contributed by atoms with Gasteiger partial charge in [-0.3, -0.25) is 4.79 Å². The molecule has 2 rings (SSSR count). The molecule has 1 fully saturated rings. The van der Waals surface area contributed by atoms with Crippen LogP contribution < -0.4 is 15.4 Å². The average molecular weight is 327 g/mol. The fraction of sp³-hybridized carbons (Fsp3) is 0.500. The van der Waals surface area contributed by atoms with Crippen molar-refractivity contribution in [2.24, 2.45) is 0 Å². The highest BCUT2D eigenvalue weighted by Gasteiger charge is 2.20. The van der Waals surface area contributed by atoms with Crippen LogP contribution in [0.4, 0.5) is 0 Å². The molecule has 1 aliphatic carbocycles. The smallest absolute Gasteiger partial charge is 0.257 e. The molecule has 0 atom stereocenters. The highest BCUT2D eigenvalue weighted by atomic mass is 79.9. The molecule has 19 heavy (non-hydrogen) atoms. The van der Waals surface area contributed by atoms with Gasteiger partial charge in [0.15, 0.2) is 6.61 Å². The van der Waals surface area contributed by atoms with Gasteiger partial charge in [0.05, 0.1) is 4.47 Å². The summed E-state index contributed by atoms with van der Waals surface area (Å²) in [5.74, 6) is 0.593. The molecule has 2 N–H and O–H groups in total. The number of hydrogen-bond acceptors (Lipinski definition) is 3. The minimum absolute atomic E-state index is 0.0477. The largest absolute Gasteiger partial charge is 0.483 e. The van der Waals surface area contributed by atoms with Crippen LogP contribution in [-0.4, -0.2) is 25.1 Å². The Hall–Kier alpha value is -1.07. The molecule has 0 aromatic heterocycles. The minimum atomic E-state index is -0.103. The second-order valence-electron chi connectivity index (χ2n) is 4.66. The second-order valence-corrected chi connectivity index (χ2v) is 5.52. The van der Waals surface area contributed by atoms with Crippen LogP contribution in [0, 0.1) is 0 Å². The average Bonchev–Trinajstić information content (AvgIpc) is 3.19. The molecule has 1 amide bonds. The fourth-order valence-corrected chi connectivity index (χ4v) is 2.25. The van der Waals surface area contributed by atoms with Crippen LogP contribution in [0.25, 0.3) is 0 Å². The zero-order valence-corrected chi connectivity index (χ0v) is 12.6. The first-order valence-electron chi connectivity index (χ1n) is 6.60. The van der Waals surface area contributed by atoms with E-state index in [0.717, 1.165) is 11.0 Å². The lowest BCUT2D eigenvalue weighted by Crippen LogP contribution is -2.28. The predicted octanol–water partition coefficient (Wildman–Crippen LogP) is 2.22. The molecule has 1 aromatic rings. The van der Waals surface area contributed by atoms with E-state index in [2.05, 4.69) is 26.6 Å². The quantitative estimate of drug-likeness (QED) is 0.807. The molecule has 0 bridgehead atoms. The Labute approximate surface area is 122 Å². The highest BCUT2D eigenvalue weighted by Crippen LogP contribution is 2.26. The molecule has 4 nitrogen and oxygen atoms in total. The Morgan fingerprint density at radius 3 is 2.89 bits per heavy atom. The molecule has 1 aromatic carbocycles. The molecular weight excluding hydrogens is 308 g/mol. The third-order valence-electron chi connectivity index (χ3n) is 2.90. The normalized spacial score (nSPS) is 14.2. The summed E-state index contributed by atoms with van der Waals surface area (Å²) in [5.41, 5.74) is 1.21.